The first kappa shape index (κ1) is 15.3. The average molecular weight is 348 g/mol. The molecule has 0 aliphatic rings. The zero-order valence-corrected chi connectivity index (χ0v) is 12.8. The van der Waals surface area contributed by atoms with Crippen LogP contribution in [0.4, 0.5) is 0 Å². The average Bonchev–Trinajstić information content (AvgIpc) is 2.48. The molecular formula is C16H14BrNO3. The van der Waals surface area contributed by atoms with Crippen molar-refractivity contribution in [3.63, 3.8) is 0 Å². The van der Waals surface area contributed by atoms with Crippen molar-refractivity contribution in [2.45, 2.75) is 6.42 Å². The zero-order valence-electron chi connectivity index (χ0n) is 11.2. The van der Waals surface area contributed by atoms with E-state index in [1.807, 2.05) is 30.3 Å². The van der Waals surface area contributed by atoms with Crippen molar-refractivity contribution in [3.8, 4) is 5.75 Å². The largest absolute Gasteiger partial charge is 0.491 e. The van der Waals surface area contributed by atoms with Crippen LogP contribution in [0.1, 0.15) is 11.1 Å². The Kier molecular flexibility index (Phi) is 5.51. The summed E-state index contributed by atoms with van der Waals surface area (Å²) in [4.78, 5) is 14.6. The van der Waals surface area contributed by atoms with Gasteiger partial charge >= 0.3 is 5.97 Å². The van der Waals surface area contributed by atoms with Crippen molar-refractivity contribution >= 4 is 28.0 Å². The summed E-state index contributed by atoms with van der Waals surface area (Å²) in [6, 6.07) is 9.39. The van der Waals surface area contributed by atoms with Crippen LogP contribution >= 0.6 is 15.9 Å². The molecule has 0 aliphatic heterocycles. The highest BCUT2D eigenvalue weighted by Crippen LogP contribution is 2.30. The Hall–Kier alpha value is -2.14. The monoisotopic (exact) mass is 347 g/mol. The molecule has 21 heavy (non-hydrogen) atoms. The SMILES string of the molecule is O=C(O)C=Cc1cccc(Br)c1OCCc1ccncc1. The number of nitrogens with zero attached hydrogens (tertiary/aromatic N) is 1. The van der Waals surface area contributed by atoms with Crippen molar-refractivity contribution in [2.24, 2.45) is 0 Å². The van der Waals surface area contributed by atoms with Crippen LogP contribution < -0.4 is 4.74 Å². The Balaban J connectivity index is 2.06. The smallest absolute Gasteiger partial charge is 0.328 e. The number of hydrogen-bond donors (Lipinski definition) is 1. The lowest BCUT2D eigenvalue weighted by molar-refractivity contribution is -0.131. The summed E-state index contributed by atoms with van der Waals surface area (Å²) in [5, 5.41) is 8.71. The van der Waals surface area contributed by atoms with E-state index in [9.17, 15) is 4.79 Å². The van der Waals surface area contributed by atoms with Crippen LogP contribution in [0, 0.1) is 0 Å². The van der Waals surface area contributed by atoms with Gasteiger partial charge in [-0.25, -0.2) is 4.79 Å². The number of carbonyl (C=O) groups is 1. The Labute approximate surface area is 131 Å². The Morgan fingerprint density at radius 3 is 2.76 bits per heavy atom. The Morgan fingerprint density at radius 2 is 2.05 bits per heavy atom. The first-order chi connectivity index (χ1) is 10.2. The van der Waals surface area contributed by atoms with Gasteiger partial charge in [0.15, 0.2) is 0 Å². The van der Waals surface area contributed by atoms with Crippen molar-refractivity contribution in [3.05, 3.63) is 64.4 Å². The normalized spacial score (nSPS) is 10.7. The van der Waals surface area contributed by atoms with Crippen LogP contribution in [0.15, 0.2) is 53.3 Å². The van der Waals surface area contributed by atoms with E-state index >= 15 is 0 Å². The van der Waals surface area contributed by atoms with Gasteiger partial charge in [0.1, 0.15) is 5.75 Å². The zero-order chi connectivity index (χ0) is 15.1. The predicted octanol–water partition coefficient (Wildman–Crippen LogP) is 3.56. The van der Waals surface area contributed by atoms with E-state index in [2.05, 4.69) is 20.9 Å². The number of halogens is 1. The van der Waals surface area contributed by atoms with E-state index in [4.69, 9.17) is 9.84 Å². The molecule has 1 N–H and O–H groups in total. The maximum Gasteiger partial charge on any atom is 0.328 e. The molecule has 2 aromatic rings. The number of aliphatic carboxylic acids is 1. The van der Waals surface area contributed by atoms with Crippen LogP contribution in [-0.4, -0.2) is 22.7 Å². The predicted molar refractivity (Wildman–Crippen MR) is 84.2 cm³/mol. The minimum absolute atomic E-state index is 0.501. The van der Waals surface area contributed by atoms with Gasteiger partial charge < -0.3 is 9.84 Å². The van der Waals surface area contributed by atoms with Crippen LogP contribution in [-0.2, 0) is 11.2 Å². The van der Waals surface area contributed by atoms with E-state index in [1.165, 1.54) is 6.08 Å². The van der Waals surface area contributed by atoms with Gasteiger partial charge in [0, 0.05) is 30.5 Å². The first-order valence-corrected chi connectivity index (χ1v) is 7.17. The molecule has 5 heteroatoms. The lowest BCUT2D eigenvalue weighted by Gasteiger charge is -2.11. The molecule has 0 fully saturated rings. The van der Waals surface area contributed by atoms with Crippen molar-refractivity contribution in [1.82, 2.24) is 4.98 Å². The highest BCUT2D eigenvalue weighted by Gasteiger charge is 2.06. The fourth-order valence-electron chi connectivity index (χ4n) is 1.79. The highest BCUT2D eigenvalue weighted by molar-refractivity contribution is 9.10. The van der Waals surface area contributed by atoms with Gasteiger partial charge in [0.05, 0.1) is 11.1 Å². The molecule has 1 heterocycles. The molecule has 108 valence electrons. The number of benzene rings is 1. The van der Waals surface area contributed by atoms with Gasteiger partial charge in [0.25, 0.3) is 0 Å². The molecule has 0 atom stereocenters. The number of aromatic nitrogens is 1. The molecule has 0 radical (unpaired) electrons. The van der Waals surface area contributed by atoms with Gasteiger partial charge in [-0.15, -0.1) is 0 Å². The molecule has 4 nitrogen and oxygen atoms in total. The van der Waals surface area contributed by atoms with Gasteiger partial charge in [-0.3, -0.25) is 4.98 Å². The third-order valence-corrected chi connectivity index (χ3v) is 3.41. The lowest BCUT2D eigenvalue weighted by Crippen LogP contribution is -2.03. The van der Waals surface area contributed by atoms with E-state index in [1.54, 1.807) is 12.4 Å². The number of ether oxygens (including phenoxy) is 1. The fraction of sp³-hybridized carbons (Fsp3) is 0.125. The molecule has 0 amide bonds. The molecule has 0 unspecified atom stereocenters. The van der Waals surface area contributed by atoms with E-state index in [0.717, 1.165) is 28.1 Å². The standard InChI is InChI=1S/C16H14BrNO3/c17-14-3-1-2-13(4-5-15(19)20)16(14)21-11-8-12-6-9-18-10-7-12/h1-7,9-10H,8,11H2,(H,19,20). The number of para-hydroxylation sites is 1. The summed E-state index contributed by atoms with van der Waals surface area (Å²) in [5.74, 6) is -0.346. The molecule has 1 aromatic carbocycles. The summed E-state index contributed by atoms with van der Waals surface area (Å²) in [7, 11) is 0. The van der Waals surface area contributed by atoms with Gasteiger partial charge in [-0.2, -0.15) is 0 Å². The second kappa shape index (κ2) is 7.59. The molecule has 1 aromatic heterocycles. The quantitative estimate of drug-likeness (QED) is 0.811. The Bertz CT molecular complexity index is 641. The second-order valence-corrected chi connectivity index (χ2v) is 5.14. The number of carboxylic acid groups (broad SMARTS) is 1. The number of hydrogen-bond acceptors (Lipinski definition) is 3. The minimum Gasteiger partial charge on any atom is -0.491 e. The maximum absolute atomic E-state index is 10.6. The topological polar surface area (TPSA) is 59.4 Å². The summed E-state index contributed by atoms with van der Waals surface area (Å²) < 4.78 is 6.59. The second-order valence-electron chi connectivity index (χ2n) is 4.28. The fourth-order valence-corrected chi connectivity index (χ4v) is 2.29. The summed E-state index contributed by atoms with van der Waals surface area (Å²) >= 11 is 3.42. The van der Waals surface area contributed by atoms with Crippen LogP contribution in [0.5, 0.6) is 5.75 Å². The van der Waals surface area contributed by atoms with Crippen molar-refractivity contribution in [2.75, 3.05) is 6.61 Å². The van der Waals surface area contributed by atoms with E-state index in [0.29, 0.717) is 12.4 Å². The van der Waals surface area contributed by atoms with Crippen molar-refractivity contribution in [1.29, 1.82) is 0 Å². The maximum atomic E-state index is 10.6. The van der Waals surface area contributed by atoms with Crippen LogP contribution in [0.3, 0.4) is 0 Å². The summed E-state index contributed by atoms with van der Waals surface area (Å²) in [6.07, 6.45) is 6.86. The number of pyridine rings is 1. The van der Waals surface area contributed by atoms with Gasteiger partial charge in [-0.1, -0.05) is 12.1 Å². The molecule has 2 rings (SSSR count). The summed E-state index contributed by atoms with van der Waals surface area (Å²) in [5.41, 5.74) is 1.86. The number of carboxylic acids is 1. The molecular weight excluding hydrogens is 334 g/mol. The highest BCUT2D eigenvalue weighted by atomic mass is 79.9. The number of rotatable bonds is 6. The molecule has 0 saturated carbocycles. The third-order valence-electron chi connectivity index (χ3n) is 2.79. The van der Waals surface area contributed by atoms with E-state index < -0.39 is 5.97 Å². The molecule has 0 spiro atoms. The summed E-state index contributed by atoms with van der Waals surface area (Å²) in [6.45, 7) is 0.501. The molecule has 0 aliphatic carbocycles. The van der Waals surface area contributed by atoms with Gasteiger partial charge in [0.2, 0.25) is 0 Å². The van der Waals surface area contributed by atoms with Crippen LogP contribution in [0.25, 0.3) is 6.08 Å². The van der Waals surface area contributed by atoms with E-state index in [-0.39, 0.29) is 0 Å². The minimum atomic E-state index is -0.988. The first-order valence-electron chi connectivity index (χ1n) is 6.38. The third kappa shape index (κ3) is 4.72. The molecule has 0 saturated heterocycles. The lowest BCUT2D eigenvalue weighted by atomic mass is 10.2. The molecule has 0 bridgehead atoms. The van der Waals surface area contributed by atoms with Crippen LogP contribution in [0.2, 0.25) is 0 Å². The van der Waals surface area contributed by atoms with Crippen molar-refractivity contribution < 1.29 is 14.6 Å². The van der Waals surface area contributed by atoms with Gasteiger partial charge in [-0.05, 0) is 45.8 Å². The Morgan fingerprint density at radius 1 is 1.29 bits per heavy atom.